The molecule has 9 nitrogen and oxygen atoms in total. The molecule has 9 heteroatoms. The van der Waals surface area contributed by atoms with Crippen LogP contribution < -0.4 is 11.1 Å². The average Bonchev–Trinajstić information content (AvgIpc) is 2.81. The molecule has 0 bridgehead atoms. The van der Waals surface area contributed by atoms with Gasteiger partial charge < -0.3 is 25.3 Å². The summed E-state index contributed by atoms with van der Waals surface area (Å²) in [7, 11) is 0. The van der Waals surface area contributed by atoms with Crippen LogP contribution in [0.25, 0.3) is 0 Å². The maximum atomic E-state index is 12.0. The molecule has 0 saturated carbocycles. The molecule has 1 unspecified atom stereocenters. The van der Waals surface area contributed by atoms with Crippen LogP contribution in [-0.2, 0) is 23.8 Å². The number of ether oxygens (including phenoxy) is 3. The van der Waals surface area contributed by atoms with Crippen LogP contribution in [0.3, 0.4) is 0 Å². The van der Waals surface area contributed by atoms with Gasteiger partial charge in [-0.25, -0.2) is 9.59 Å². The Bertz CT molecular complexity index is 888. The van der Waals surface area contributed by atoms with Crippen molar-refractivity contribution in [3.05, 3.63) is 71.8 Å². The quantitative estimate of drug-likeness (QED) is 0.287. The summed E-state index contributed by atoms with van der Waals surface area (Å²) in [4.78, 5) is 47.3. The summed E-state index contributed by atoms with van der Waals surface area (Å²) < 4.78 is 15.1. The maximum Gasteiger partial charge on any atom is 0.345 e. The third kappa shape index (κ3) is 9.07. The molecule has 32 heavy (non-hydrogen) atoms. The van der Waals surface area contributed by atoms with E-state index in [2.05, 4.69) is 10.1 Å². The molecular formula is C23H26N2O7. The van der Waals surface area contributed by atoms with E-state index in [1.807, 2.05) is 6.07 Å². The summed E-state index contributed by atoms with van der Waals surface area (Å²) >= 11 is 0. The minimum absolute atomic E-state index is 0.120. The van der Waals surface area contributed by atoms with Gasteiger partial charge in [0.25, 0.3) is 0 Å². The number of hydrogen-bond donors (Lipinski definition) is 2. The molecule has 0 radical (unpaired) electrons. The Kier molecular flexibility index (Phi) is 10.6. The molecule has 0 fully saturated rings. The van der Waals surface area contributed by atoms with Crippen LogP contribution in [0.4, 0.5) is 0 Å². The second-order valence-corrected chi connectivity index (χ2v) is 6.70. The third-order valence-electron chi connectivity index (χ3n) is 4.17. The van der Waals surface area contributed by atoms with E-state index in [0.29, 0.717) is 18.6 Å². The van der Waals surface area contributed by atoms with Crippen LogP contribution in [0.1, 0.15) is 33.6 Å². The molecule has 1 amide bonds. The van der Waals surface area contributed by atoms with E-state index >= 15 is 0 Å². The number of benzene rings is 2. The van der Waals surface area contributed by atoms with Crippen molar-refractivity contribution in [2.45, 2.75) is 18.9 Å². The van der Waals surface area contributed by atoms with Crippen molar-refractivity contribution in [1.82, 2.24) is 5.32 Å². The van der Waals surface area contributed by atoms with Gasteiger partial charge in [-0.1, -0.05) is 36.4 Å². The Morgan fingerprint density at radius 3 is 2.03 bits per heavy atom. The smallest absolute Gasteiger partial charge is 0.345 e. The highest BCUT2D eigenvalue weighted by Crippen LogP contribution is 2.03. The number of carbonyl (C=O) groups excluding carboxylic acids is 4. The Balaban J connectivity index is 1.51. The molecular weight excluding hydrogens is 416 g/mol. The fraction of sp³-hybridized carbons (Fsp3) is 0.304. The van der Waals surface area contributed by atoms with Crippen molar-refractivity contribution in [1.29, 1.82) is 0 Å². The van der Waals surface area contributed by atoms with E-state index in [9.17, 15) is 19.2 Å². The highest BCUT2D eigenvalue weighted by atomic mass is 16.6. The SMILES string of the molecule is NC(CC(=O)OC(=O)c1ccccc1)C(=O)NCCCOCCOC(=O)c1ccccc1. The molecule has 0 aliphatic rings. The van der Waals surface area contributed by atoms with Gasteiger partial charge in [0.15, 0.2) is 0 Å². The molecule has 2 rings (SSSR count). The lowest BCUT2D eigenvalue weighted by Crippen LogP contribution is -2.42. The van der Waals surface area contributed by atoms with Gasteiger partial charge in [-0.05, 0) is 30.7 Å². The normalized spacial score (nSPS) is 11.3. The van der Waals surface area contributed by atoms with Crippen molar-refractivity contribution >= 4 is 23.8 Å². The van der Waals surface area contributed by atoms with Gasteiger partial charge in [-0.3, -0.25) is 9.59 Å². The van der Waals surface area contributed by atoms with E-state index in [4.69, 9.17) is 15.2 Å². The zero-order valence-corrected chi connectivity index (χ0v) is 17.5. The highest BCUT2D eigenvalue weighted by Gasteiger charge is 2.20. The Hall–Kier alpha value is -3.56. The number of hydrogen-bond acceptors (Lipinski definition) is 8. The van der Waals surface area contributed by atoms with Crippen LogP contribution in [0.5, 0.6) is 0 Å². The maximum absolute atomic E-state index is 12.0. The van der Waals surface area contributed by atoms with E-state index in [-0.39, 0.29) is 25.3 Å². The lowest BCUT2D eigenvalue weighted by molar-refractivity contribution is -0.140. The third-order valence-corrected chi connectivity index (χ3v) is 4.17. The highest BCUT2D eigenvalue weighted by molar-refractivity contribution is 5.98. The Labute approximate surface area is 185 Å². The standard InChI is InChI=1S/C23H26N2O7/c24-19(16-20(26)32-23(29)18-10-5-2-6-11-18)21(27)25-12-7-13-30-14-15-31-22(28)17-8-3-1-4-9-17/h1-6,8-11,19H,7,12-16,24H2,(H,25,27). The molecule has 0 aliphatic heterocycles. The number of amides is 1. The summed E-state index contributed by atoms with van der Waals surface area (Å²) in [5.74, 6) is -2.63. The molecule has 0 saturated heterocycles. The van der Waals surface area contributed by atoms with Crippen LogP contribution in [-0.4, -0.2) is 56.2 Å². The van der Waals surface area contributed by atoms with Crippen LogP contribution in [0.2, 0.25) is 0 Å². The lowest BCUT2D eigenvalue weighted by Gasteiger charge is -2.11. The summed E-state index contributed by atoms with van der Waals surface area (Å²) in [5.41, 5.74) is 6.39. The minimum Gasteiger partial charge on any atom is -0.460 e. The summed E-state index contributed by atoms with van der Waals surface area (Å²) in [5, 5.41) is 2.58. The summed E-state index contributed by atoms with van der Waals surface area (Å²) in [6.07, 6.45) is 0.0791. The minimum atomic E-state index is -1.13. The fourth-order valence-electron chi connectivity index (χ4n) is 2.52. The first-order valence-corrected chi connectivity index (χ1v) is 10.1. The van der Waals surface area contributed by atoms with Gasteiger partial charge in [0.2, 0.25) is 5.91 Å². The molecule has 0 spiro atoms. The van der Waals surface area contributed by atoms with Crippen molar-refractivity contribution in [2.75, 3.05) is 26.4 Å². The Morgan fingerprint density at radius 2 is 1.41 bits per heavy atom. The van der Waals surface area contributed by atoms with Crippen molar-refractivity contribution < 1.29 is 33.4 Å². The number of carbonyl (C=O) groups is 4. The van der Waals surface area contributed by atoms with Crippen molar-refractivity contribution in [3.63, 3.8) is 0 Å². The summed E-state index contributed by atoms with van der Waals surface area (Å²) in [6, 6.07) is 15.5. The first-order chi connectivity index (χ1) is 15.5. The van der Waals surface area contributed by atoms with Gasteiger partial charge in [-0.2, -0.15) is 0 Å². The second kappa shape index (κ2) is 13.7. The van der Waals surface area contributed by atoms with Crippen LogP contribution >= 0.6 is 0 Å². The number of rotatable bonds is 12. The van der Waals surface area contributed by atoms with Gasteiger partial charge in [0.1, 0.15) is 6.61 Å². The molecule has 2 aromatic carbocycles. The first kappa shape index (κ1) is 24.7. The second-order valence-electron chi connectivity index (χ2n) is 6.70. The van der Waals surface area contributed by atoms with Crippen LogP contribution in [0.15, 0.2) is 60.7 Å². The molecule has 0 aliphatic carbocycles. The van der Waals surface area contributed by atoms with Gasteiger partial charge in [0, 0.05) is 13.2 Å². The van der Waals surface area contributed by atoms with Crippen molar-refractivity contribution in [3.8, 4) is 0 Å². The van der Waals surface area contributed by atoms with E-state index in [1.165, 1.54) is 12.1 Å². The predicted octanol–water partition coefficient (Wildman–Crippen LogP) is 1.47. The predicted molar refractivity (Wildman–Crippen MR) is 115 cm³/mol. The van der Waals surface area contributed by atoms with E-state index in [0.717, 1.165) is 0 Å². The zero-order valence-electron chi connectivity index (χ0n) is 17.5. The molecule has 1 atom stereocenters. The zero-order chi connectivity index (χ0) is 23.2. The topological polar surface area (TPSA) is 134 Å². The molecule has 3 N–H and O–H groups in total. The van der Waals surface area contributed by atoms with Gasteiger partial charge >= 0.3 is 17.9 Å². The largest absolute Gasteiger partial charge is 0.460 e. The lowest BCUT2D eigenvalue weighted by atomic mass is 10.2. The summed E-state index contributed by atoms with van der Waals surface area (Å²) in [6.45, 7) is 0.975. The number of nitrogens with two attached hydrogens (primary N) is 1. The molecule has 170 valence electrons. The molecule has 0 heterocycles. The number of nitrogens with one attached hydrogen (secondary N) is 1. The Morgan fingerprint density at radius 1 is 0.812 bits per heavy atom. The molecule has 2 aromatic rings. The molecule has 0 aromatic heterocycles. The first-order valence-electron chi connectivity index (χ1n) is 10.1. The van der Waals surface area contributed by atoms with Gasteiger partial charge in [-0.15, -0.1) is 0 Å². The van der Waals surface area contributed by atoms with Crippen molar-refractivity contribution in [2.24, 2.45) is 5.73 Å². The monoisotopic (exact) mass is 442 g/mol. The van der Waals surface area contributed by atoms with E-state index in [1.54, 1.807) is 42.5 Å². The van der Waals surface area contributed by atoms with Crippen LogP contribution in [0, 0.1) is 0 Å². The van der Waals surface area contributed by atoms with Gasteiger partial charge in [0.05, 0.1) is 30.2 Å². The van der Waals surface area contributed by atoms with E-state index < -0.39 is 36.3 Å². The fourth-order valence-corrected chi connectivity index (χ4v) is 2.52. The number of esters is 3. The average molecular weight is 442 g/mol.